The van der Waals surface area contributed by atoms with Crippen LogP contribution in [0.25, 0.3) is 11.0 Å². The Morgan fingerprint density at radius 2 is 2.35 bits per heavy atom. The lowest BCUT2D eigenvalue weighted by Crippen LogP contribution is -2.18. The minimum atomic E-state index is -0.0981. The molecule has 1 aromatic heterocycles. The fourth-order valence-electron chi connectivity index (χ4n) is 2.87. The van der Waals surface area contributed by atoms with Crippen LogP contribution < -0.4 is 4.74 Å². The maximum Gasteiger partial charge on any atom is 0.146 e. The largest absolute Gasteiger partial charge is 0.494 e. The van der Waals surface area contributed by atoms with Gasteiger partial charge >= 0.3 is 0 Å². The van der Waals surface area contributed by atoms with Crippen LogP contribution in [-0.2, 0) is 0 Å². The van der Waals surface area contributed by atoms with Gasteiger partial charge in [0, 0.05) is 11.8 Å². The van der Waals surface area contributed by atoms with Crippen LogP contribution in [0.2, 0.25) is 0 Å². The van der Waals surface area contributed by atoms with E-state index in [4.69, 9.17) is 21.3 Å². The number of halogens is 1. The van der Waals surface area contributed by atoms with Crippen LogP contribution in [0.3, 0.4) is 0 Å². The lowest BCUT2D eigenvalue weighted by molar-refractivity contribution is 0.419. The van der Waals surface area contributed by atoms with Gasteiger partial charge in [-0.1, -0.05) is 6.07 Å². The van der Waals surface area contributed by atoms with Crippen LogP contribution in [0, 0.1) is 0 Å². The van der Waals surface area contributed by atoms with E-state index in [0.29, 0.717) is 6.04 Å². The van der Waals surface area contributed by atoms with Gasteiger partial charge in [-0.25, -0.2) is 4.98 Å². The minimum absolute atomic E-state index is 0.0981. The molecule has 0 aliphatic carbocycles. The highest BCUT2D eigenvalue weighted by molar-refractivity contribution is 7.99. The van der Waals surface area contributed by atoms with Crippen molar-refractivity contribution in [2.24, 2.45) is 0 Å². The van der Waals surface area contributed by atoms with Crippen molar-refractivity contribution >= 4 is 34.4 Å². The van der Waals surface area contributed by atoms with Crippen LogP contribution in [0.1, 0.15) is 37.0 Å². The van der Waals surface area contributed by atoms with Crippen molar-refractivity contribution in [3.63, 3.8) is 0 Å². The number of benzene rings is 1. The van der Waals surface area contributed by atoms with Crippen LogP contribution in [0.5, 0.6) is 5.75 Å². The molecule has 0 saturated carbocycles. The van der Waals surface area contributed by atoms with Crippen LogP contribution in [0.4, 0.5) is 0 Å². The van der Waals surface area contributed by atoms with Gasteiger partial charge < -0.3 is 9.30 Å². The fraction of sp³-hybridized carbons (Fsp3) is 0.533. The molecule has 20 heavy (non-hydrogen) atoms. The summed E-state index contributed by atoms with van der Waals surface area (Å²) in [5.41, 5.74) is 2.06. The first-order valence-electron chi connectivity index (χ1n) is 6.99. The SMILES string of the molecule is COc1cccc2c1nc(C(C)Cl)n2C1CCCSC1. The molecule has 0 amide bonds. The van der Waals surface area contributed by atoms with Gasteiger partial charge in [-0.15, -0.1) is 11.6 Å². The van der Waals surface area contributed by atoms with Gasteiger partial charge in [0.2, 0.25) is 0 Å². The molecule has 0 spiro atoms. The highest BCUT2D eigenvalue weighted by atomic mass is 35.5. The molecule has 1 fully saturated rings. The number of fused-ring (bicyclic) bond motifs is 1. The smallest absolute Gasteiger partial charge is 0.146 e. The number of alkyl halides is 1. The molecule has 3 nitrogen and oxygen atoms in total. The second-order valence-corrected chi connectivity index (χ2v) is 6.96. The number of hydrogen-bond acceptors (Lipinski definition) is 3. The van der Waals surface area contributed by atoms with E-state index in [9.17, 15) is 0 Å². The number of methoxy groups -OCH3 is 1. The molecule has 1 aliphatic heterocycles. The lowest BCUT2D eigenvalue weighted by atomic mass is 10.1. The number of ether oxygens (including phenoxy) is 1. The third-order valence-corrected chi connectivity index (χ3v) is 5.18. The Labute approximate surface area is 128 Å². The molecule has 2 aromatic rings. The monoisotopic (exact) mass is 310 g/mol. The van der Waals surface area contributed by atoms with Gasteiger partial charge in [0.25, 0.3) is 0 Å². The summed E-state index contributed by atoms with van der Waals surface area (Å²) in [5, 5.41) is -0.0981. The summed E-state index contributed by atoms with van der Waals surface area (Å²) in [5.74, 6) is 4.18. The minimum Gasteiger partial charge on any atom is -0.494 e. The Hall–Kier alpha value is -0.870. The van der Waals surface area contributed by atoms with Crippen molar-refractivity contribution in [3.8, 4) is 5.75 Å². The maximum atomic E-state index is 6.36. The van der Waals surface area contributed by atoms with E-state index in [0.717, 1.165) is 28.4 Å². The molecule has 2 heterocycles. The quantitative estimate of drug-likeness (QED) is 0.786. The highest BCUT2D eigenvalue weighted by Crippen LogP contribution is 2.36. The molecule has 108 valence electrons. The first kappa shape index (κ1) is 14.1. The fourth-order valence-corrected chi connectivity index (χ4v) is 4.14. The summed E-state index contributed by atoms with van der Waals surface area (Å²) in [6.07, 6.45) is 2.46. The van der Waals surface area contributed by atoms with E-state index in [-0.39, 0.29) is 5.38 Å². The predicted molar refractivity (Wildman–Crippen MR) is 86.1 cm³/mol. The molecular formula is C15H19ClN2OS. The number of para-hydroxylation sites is 1. The molecule has 1 aromatic carbocycles. The summed E-state index contributed by atoms with van der Waals surface area (Å²) < 4.78 is 7.77. The third kappa shape index (κ3) is 2.40. The zero-order valence-corrected chi connectivity index (χ0v) is 13.4. The number of nitrogens with zero attached hydrogens (tertiary/aromatic N) is 2. The number of aromatic nitrogens is 2. The number of imidazole rings is 1. The summed E-state index contributed by atoms with van der Waals surface area (Å²) in [7, 11) is 1.69. The average Bonchev–Trinajstić information content (AvgIpc) is 2.87. The second kappa shape index (κ2) is 5.86. The standard InChI is InChI=1S/C15H19ClN2OS/c1-10(16)15-17-14-12(6-3-7-13(14)19-2)18(15)11-5-4-8-20-9-11/h3,6-7,10-11H,4-5,8-9H2,1-2H3. The molecule has 3 rings (SSSR count). The second-order valence-electron chi connectivity index (χ2n) is 5.15. The van der Waals surface area contributed by atoms with Gasteiger partial charge in [-0.05, 0) is 37.7 Å². The maximum absolute atomic E-state index is 6.36. The highest BCUT2D eigenvalue weighted by Gasteiger charge is 2.24. The van der Waals surface area contributed by atoms with E-state index in [1.54, 1.807) is 7.11 Å². The van der Waals surface area contributed by atoms with Crippen LogP contribution in [0.15, 0.2) is 18.2 Å². The number of rotatable bonds is 3. The predicted octanol–water partition coefficient (Wildman–Crippen LogP) is 4.41. The lowest BCUT2D eigenvalue weighted by Gasteiger charge is -2.25. The summed E-state index contributed by atoms with van der Waals surface area (Å²) in [6, 6.07) is 6.59. The van der Waals surface area contributed by atoms with Gasteiger partial charge in [0.1, 0.15) is 17.1 Å². The van der Waals surface area contributed by atoms with Crippen LogP contribution in [-0.4, -0.2) is 28.2 Å². The molecule has 0 bridgehead atoms. The van der Waals surface area contributed by atoms with Gasteiger partial charge in [-0.2, -0.15) is 11.8 Å². The Balaban J connectivity index is 2.18. The topological polar surface area (TPSA) is 27.1 Å². The molecular weight excluding hydrogens is 292 g/mol. The van der Waals surface area contributed by atoms with Crippen molar-refractivity contribution < 1.29 is 4.74 Å². The summed E-state index contributed by atoms with van der Waals surface area (Å²) in [4.78, 5) is 4.75. The van der Waals surface area contributed by atoms with Crippen molar-refractivity contribution in [1.29, 1.82) is 0 Å². The summed E-state index contributed by atoms with van der Waals surface area (Å²) >= 11 is 8.38. The molecule has 0 N–H and O–H groups in total. The van der Waals surface area contributed by atoms with E-state index < -0.39 is 0 Å². The third-order valence-electron chi connectivity index (χ3n) is 3.79. The number of hydrogen-bond donors (Lipinski definition) is 0. The molecule has 2 atom stereocenters. The molecule has 1 saturated heterocycles. The summed E-state index contributed by atoms with van der Waals surface area (Å²) in [6.45, 7) is 1.99. The Morgan fingerprint density at radius 3 is 3.00 bits per heavy atom. The van der Waals surface area contributed by atoms with E-state index in [1.807, 2.05) is 30.8 Å². The average molecular weight is 311 g/mol. The first-order valence-corrected chi connectivity index (χ1v) is 8.58. The van der Waals surface area contributed by atoms with Crippen molar-refractivity contribution in [2.45, 2.75) is 31.2 Å². The zero-order chi connectivity index (χ0) is 14.1. The van der Waals surface area contributed by atoms with E-state index in [2.05, 4.69) is 10.6 Å². The molecule has 0 radical (unpaired) electrons. The Kier molecular flexibility index (Phi) is 4.13. The van der Waals surface area contributed by atoms with Gasteiger partial charge in [0.15, 0.2) is 0 Å². The normalized spacial score (nSPS) is 21.1. The van der Waals surface area contributed by atoms with E-state index >= 15 is 0 Å². The molecule has 2 unspecified atom stereocenters. The number of thioether (sulfide) groups is 1. The van der Waals surface area contributed by atoms with Crippen molar-refractivity contribution in [3.05, 3.63) is 24.0 Å². The van der Waals surface area contributed by atoms with Crippen LogP contribution >= 0.6 is 23.4 Å². The van der Waals surface area contributed by atoms with Gasteiger partial charge in [-0.3, -0.25) is 0 Å². The Bertz CT molecular complexity index is 605. The zero-order valence-electron chi connectivity index (χ0n) is 11.8. The molecule has 1 aliphatic rings. The first-order chi connectivity index (χ1) is 9.72. The van der Waals surface area contributed by atoms with Crippen molar-refractivity contribution in [2.75, 3.05) is 18.6 Å². The van der Waals surface area contributed by atoms with E-state index in [1.165, 1.54) is 18.6 Å². The van der Waals surface area contributed by atoms with Gasteiger partial charge in [0.05, 0.1) is 18.0 Å². The van der Waals surface area contributed by atoms with Crippen molar-refractivity contribution in [1.82, 2.24) is 9.55 Å². The molecule has 5 heteroatoms. The Morgan fingerprint density at radius 1 is 1.50 bits per heavy atom.